The normalized spacial score (nSPS) is 10.7. The Morgan fingerprint density at radius 2 is 2.43 bits per heavy atom. The van der Waals surface area contributed by atoms with Crippen LogP contribution in [0.25, 0.3) is 10.2 Å². The van der Waals surface area contributed by atoms with E-state index < -0.39 is 0 Å². The fraction of sp³-hybridized carbons (Fsp3) is 0.300. The van der Waals surface area contributed by atoms with E-state index in [2.05, 4.69) is 22.9 Å². The Hall–Kier alpha value is -1.29. The molecular formula is C10H12N2OS. The number of hydrogen-bond acceptors (Lipinski definition) is 2. The Bertz CT molecular complexity index is 469. The summed E-state index contributed by atoms with van der Waals surface area (Å²) in [5.74, 6) is -0.00958. The Balaban J connectivity index is 2.64. The molecule has 2 aromatic heterocycles. The van der Waals surface area contributed by atoms with Crippen LogP contribution in [-0.4, -0.2) is 17.5 Å². The first-order chi connectivity index (χ1) is 6.77. The molecule has 0 aliphatic carbocycles. The first-order valence-corrected chi connectivity index (χ1v) is 5.44. The van der Waals surface area contributed by atoms with Gasteiger partial charge in [0.25, 0.3) is 5.91 Å². The molecule has 0 fully saturated rings. The van der Waals surface area contributed by atoms with Gasteiger partial charge >= 0.3 is 0 Å². The number of carbonyl (C=O) groups excluding carboxylic acids is 1. The van der Waals surface area contributed by atoms with Crippen LogP contribution in [-0.2, 0) is 6.54 Å². The van der Waals surface area contributed by atoms with Crippen molar-refractivity contribution in [3.63, 3.8) is 0 Å². The van der Waals surface area contributed by atoms with Crippen molar-refractivity contribution >= 4 is 27.5 Å². The van der Waals surface area contributed by atoms with Gasteiger partial charge in [-0.1, -0.05) is 0 Å². The van der Waals surface area contributed by atoms with E-state index in [1.807, 2.05) is 11.6 Å². The molecule has 0 unspecified atom stereocenters. The van der Waals surface area contributed by atoms with Crippen molar-refractivity contribution in [3.05, 3.63) is 23.2 Å². The molecule has 4 heteroatoms. The highest BCUT2D eigenvalue weighted by atomic mass is 32.1. The van der Waals surface area contributed by atoms with Crippen LogP contribution >= 0.6 is 11.3 Å². The third-order valence-corrected chi connectivity index (χ3v) is 3.23. The van der Waals surface area contributed by atoms with Gasteiger partial charge in [0.1, 0.15) is 0 Å². The van der Waals surface area contributed by atoms with Crippen molar-refractivity contribution in [1.82, 2.24) is 9.88 Å². The molecule has 0 saturated heterocycles. The van der Waals surface area contributed by atoms with Gasteiger partial charge in [-0.3, -0.25) is 4.79 Å². The highest BCUT2D eigenvalue weighted by Crippen LogP contribution is 2.26. The molecule has 2 aromatic rings. The lowest BCUT2D eigenvalue weighted by atomic mass is 10.3. The van der Waals surface area contributed by atoms with Gasteiger partial charge in [-0.2, -0.15) is 0 Å². The van der Waals surface area contributed by atoms with E-state index in [9.17, 15) is 4.79 Å². The molecule has 0 atom stereocenters. The second kappa shape index (κ2) is 3.46. The number of amides is 1. The standard InChI is InChI=1S/C10H12N2OS/c1-3-12-6-7(10(13)11-2)9-8(12)4-5-14-9/h4-6H,3H2,1-2H3,(H,11,13). The van der Waals surface area contributed by atoms with E-state index >= 15 is 0 Å². The number of aryl methyl sites for hydroxylation is 1. The van der Waals surface area contributed by atoms with Gasteiger partial charge in [0, 0.05) is 19.8 Å². The maximum atomic E-state index is 11.5. The molecular weight excluding hydrogens is 196 g/mol. The van der Waals surface area contributed by atoms with Gasteiger partial charge in [0.2, 0.25) is 0 Å². The molecule has 1 amide bonds. The fourth-order valence-electron chi connectivity index (χ4n) is 1.57. The molecule has 14 heavy (non-hydrogen) atoms. The molecule has 0 aliphatic heterocycles. The minimum Gasteiger partial charge on any atom is -0.355 e. The summed E-state index contributed by atoms with van der Waals surface area (Å²) in [6, 6.07) is 2.05. The summed E-state index contributed by atoms with van der Waals surface area (Å²) in [4.78, 5) is 11.5. The van der Waals surface area contributed by atoms with Crippen molar-refractivity contribution in [1.29, 1.82) is 0 Å². The fourth-order valence-corrected chi connectivity index (χ4v) is 2.48. The molecule has 0 saturated carbocycles. The van der Waals surface area contributed by atoms with Crippen LogP contribution in [0, 0.1) is 0 Å². The van der Waals surface area contributed by atoms with Gasteiger partial charge in [-0.25, -0.2) is 0 Å². The highest BCUT2D eigenvalue weighted by molar-refractivity contribution is 7.17. The van der Waals surface area contributed by atoms with E-state index in [4.69, 9.17) is 0 Å². The van der Waals surface area contributed by atoms with E-state index in [0.29, 0.717) is 0 Å². The Morgan fingerprint density at radius 1 is 1.64 bits per heavy atom. The van der Waals surface area contributed by atoms with Crippen molar-refractivity contribution < 1.29 is 4.79 Å². The van der Waals surface area contributed by atoms with Crippen LogP contribution < -0.4 is 5.32 Å². The first kappa shape index (κ1) is 9.27. The van der Waals surface area contributed by atoms with Crippen molar-refractivity contribution in [2.75, 3.05) is 7.05 Å². The minimum absolute atomic E-state index is 0.00958. The summed E-state index contributed by atoms with van der Waals surface area (Å²) in [5.41, 5.74) is 1.93. The van der Waals surface area contributed by atoms with Crippen LogP contribution in [0.3, 0.4) is 0 Å². The number of carbonyl (C=O) groups is 1. The zero-order valence-electron chi connectivity index (χ0n) is 8.20. The molecule has 0 radical (unpaired) electrons. The average molecular weight is 208 g/mol. The van der Waals surface area contributed by atoms with Crippen molar-refractivity contribution in [3.8, 4) is 0 Å². The van der Waals surface area contributed by atoms with Crippen molar-refractivity contribution in [2.45, 2.75) is 13.5 Å². The summed E-state index contributed by atoms with van der Waals surface area (Å²) < 4.78 is 3.17. The maximum absolute atomic E-state index is 11.5. The summed E-state index contributed by atoms with van der Waals surface area (Å²) >= 11 is 1.61. The average Bonchev–Trinajstić information content (AvgIpc) is 2.76. The zero-order chi connectivity index (χ0) is 10.1. The third kappa shape index (κ3) is 1.23. The number of nitrogens with one attached hydrogen (secondary N) is 1. The topological polar surface area (TPSA) is 34.0 Å². The lowest BCUT2D eigenvalue weighted by Gasteiger charge is -1.96. The molecule has 0 bridgehead atoms. The zero-order valence-corrected chi connectivity index (χ0v) is 9.02. The number of nitrogens with zero attached hydrogens (tertiary/aromatic N) is 1. The predicted octanol–water partition coefficient (Wildman–Crippen LogP) is 2.08. The number of fused-ring (bicyclic) bond motifs is 1. The van der Waals surface area contributed by atoms with E-state index in [0.717, 1.165) is 22.3 Å². The van der Waals surface area contributed by atoms with Gasteiger partial charge in [0.15, 0.2) is 0 Å². The monoisotopic (exact) mass is 208 g/mol. The summed E-state index contributed by atoms with van der Waals surface area (Å²) in [5, 5.41) is 4.67. The van der Waals surface area contributed by atoms with Crippen LogP contribution in [0.4, 0.5) is 0 Å². The first-order valence-electron chi connectivity index (χ1n) is 4.56. The SMILES string of the molecule is CCn1cc(C(=O)NC)c2sccc21. The lowest BCUT2D eigenvalue weighted by molar-refractivity contribution is 0.0964. The van der Waals surface area contributed by atoms with Crippen molar-refractivity contribution in [2.24, 2.45) is 0 Å². The van der Waals surface area contributed by atoms with Crippen LogP contribution in [0.2, 0.25) is 0 Å². The number of rotatable bonds is 2. The lowest BCUT2D eigenvalue weighted by Crippen LogP contribution is -2.17. The Labute approximate surface area is 86.3 Å². The predicted molar refractivity (Wildman–Crippen MR) is 58.9 cm³/mol. The third-order valence-electron chi connectivity index (χ3n) is 2.30. The van der Waals surface area contributed by atoms with Gasteiger partial charge in [-0.15, -0.1) is 11.3 Å². The molecule has 0 aromatic carbocycles. The van der Waals surface area contributed by atoms with E-state index in [1.165, 1.54) is 0 Å². The van der Waals surface area contributed by atoms with E-state index in [-0.39, 0.29) is 5.91 Å². The maximum Gasteiger partial charge on any atom is 0.254 e. The molecule has 74 valence electrons. The van der Waals surface area contributed by atoms with Gasteiger partial charge in [0.05, 0.1) is 15.8 Å². The Kier molecular flexibility index (Phi) is 2.29. The molecule has 1 N–H and O–H groups in total. The highest BCUT2D eigenvalue weighted by Gasteiger charge is 2.13. The Morgan fingerprint density at radius 3 is 3.07 bits per heavy atom. The molecule has 0 spiro atoms. The van der Waals surface area contributed by atoms with E-state index in [1.54, 1.807) is 18.4 Å². The number of hydrogen-bond donors (Lipinski definition) is 1. The molecule has 0 aliphatic rings. The van der Waals surface area contributed by atoms with Crippen LogP contribution in [0.5, 0.6) is 0 Å². The smallest absolute Gasteiger partial charge is 0.254 e. The summed E-state index contributed by atoms with van der Waals surface area (Å²) in [7, 11) is 1.66. The van der Waals surface area contributed by atoms with Crippen LogP contribution in [0.15, 0.2) is 17.6 Å². The number of aromatic nitrogens is 1. The van der Waals surface area contributed by atoms with Gasteiger partial charge < -0.3 is 9.88 Å². The van der Waals surface area contributed by atoms with Gasteiger partial charge in [-0.05, 0) is 18.4 Å². The summed E-state index contributed by atoms with van der Waals surface area (Å²) in [6.07, 6.45) is 1.92. The second-order valence-electron chi connectivity index (χ2n) is 3.04. The molecule has 2 heterocycles. The molecule has 3 nitrogen and oxygen atoms in total. The van der Waals surface area contributed by atoms with Crippen LogP contribution in [0.1, 0.15) is 17.3 Å². The number of thiophene rings is 1. The second-order valence-corrected chi connectivity index (χ2v) is 3.96. The molecule has 2 rings (SSSR count). The minimum atomic E-state index is -0.00958. The summed E-state index contributed by atoms with van der Waals surface area (Å²) in [6.45, 7) is 2.97. The quantitative estimate of drug-likeness (QED) is 0.805. The largest absolute Gasteiger partial charge is 0.355 e.